The molecule has 10 heteroatoms. The largest absolute Gasteiger partial charge is 0.452 e. The van der Waals surface area contributed by atoms with Gasteiger partial charge in [0, 0.05) is 12.2 Å². The van der Waals surface area contributed by atoms with Crippen LogP contribution in [0.2, 0.25) is 0 Å². The molecule has 178 valence electrons. The molecule has 0 aliphatic rings. The number of hydrogen-bond donors (Lipinski definition) is 2. The highest BCUT2D eigenvalue weighted by molar-refractivity contribution is 5.93. The maximum Gasteiger partial charge on any atom is 0.412 e. The Labute approximate surface area is 190 Å². The van der Waals surface area contributed by atoms with Gasteiger partial charge in [0.15, 0.2) is 6.61 Å². The minimum atomic E-state index is -2.89. The minimum absolute atomic E-state index is 0.0510. The number of anilines is 1. The van der Waals surface area contributed by atoms with E-state index in [1.807, 2.05) is 0 Å². The maximum absolute atomic E-state index is 12.2. The Hall–Kier alpha value is -3.69. The van der Waals surface area contributed by atoms with Crippen LogP contribution >= 0.6 is 0 Å². The molecule has 8 nitrogen and oxygen atoms in total. The second kappa shape index (κ2) is 11.8. The van der Waals surface area contributed by atoms with Crippen LogP contribution in [0.3, 0.4) is 0 Å². The average molecular weight is 464 g/mol. The summed E-state index contributed by atoms with van der Waals surface area (Å²) in [5.41, 5.74) is 0.638. The van der Waals surface area contributed by atoms with E-state index in [0.29, 0.717) is 12.1 Å². The summed E-state index contributed by atoms with van der Waals surface area (Å²) in [6.07, 6.45) is -0.212. The van der Waals surface area contributed by atoms with E-state index in [1.54, 1.807) is 45.0 Å². The molecule has 0 radical (unpaired) electrons. The van der Waals surface area contributed by atoms with Gasteiger partial charge in [-0.15, -0.1) is 0 Å². The summed E-state index contributed by atoms with van der Waals surface area (Å²) >= 11 is 0. The highest BCUT2D eigenvalue weighted by Crippen LogP contribution is 2.16. The highest BCUT2D eigenvalue weighted by Gasteiger charge is 2.17. The summed E-state index contributed by atoms with van der Waals surface area (Å²) in [7, 11) is 0. The summed E-state index contributed by atoms with van der Waals surface area (Å²) in [6, 6.07) is 12.1. The molecule has 0 bridgehead atoms. The quantitative estimate of drug-likeness (QED) is 0.541. The number of ether oxygens (including phenoxy) is 3. The Kier molecular flexibility index (Phi) is 9.14. The molecule has 33 heavy (non-hydrogen) atoms. The topological polar surface area (TPSA) is 103 Å². The summed E-state index contributed by atoms with van der Waals surface area (Å²) < 4.78 is 38.7. The molecule has 0 aliphatic carbocycles. The Balaban J connectivity index is 1.75. The van der Waals surface area contributed by atoms with Crippen LogP contribution in [-0.4, -0.2) is 43.3 Å². The van der Waals surface area contributed by atoms with Crippen molar-refractivity contribution in [2.75, 3.05) is 18.5 Å². The third-order valence-electron chi connectivity index (χ3n) is 3.96. The Morgan fingerprint density at radius 2 is 1.73 bits per heavy atom. The van der Waals surface area contributed by atoms with Crippen LogP contribution < -0.4 is 15.4 Å². The highest BCUT2D eigenvalue weighted by atomic mass is 19.3. The second-order valence-electron chi connectivity index (χ2n) is 7.91. The van der Waals surface area contributed by atoms with Crippen molar-refractivity contribution in [3.8, 4) is 5.75 Å². The zero-order valence-electron chi connectivity index (χ0n) is 18.5. The number of halogens is 2. The van der Waals surface area contributed by atoms with E-state index in [-0.39, 0.29) is 17.9 Å². The van der Waals surface area contributed by atoms with E-state index in [4.69, 9.17) is 9.47 Å². The van der Waals surface area contributed by atoms with Gasteiger partial charge in [-0.3, -0.25) is 10.1 Å². The van der Waals surface area contributed by atoms with Gasteiger partial charge >= 0.3 is 18.7 Å². The first kappa shape index (κ1) is 25.6. The molecule has 0 atom stereocenters. The van der Waals surface area contributed by atoms with E-state index in [0.717, 1.165) is 5.56 Å². The summed E-state index contributed by atoms with van der Waals surface area (Å²) in [4.78, 5) is 36.0. The van der Waals surface area contributed by atoms with Crippen molar-refractivity contribution < 1.29 is 37.4 Å². The standard InChI is InChI=1S/C23H26F2N2O6/c1-23(2,3)33-22(30)27-17-6-4-5-16(13-17)20(29)31-14-19(28)26-12-11-15-7-9-18(10-8-15)32-21(24)25/h4-10,13,21H,11-12,14H2,1-3H3,(H,26,28)(H,27,30). The maximum atomic E-state index is 12.2. The van der Waals surface area contributed by atoms with Crippen molar-refractivity contribution in [1.29, 1.82) is 0 Å². The lowest BCUT2D eigenvalue weighted by atomic mass is 10.1. The fourth-order valence-electron chi connectivity index (χ4n) is 2.59. The van der Waals surface area contributed by atoms with Crippen molar-refractivity contribution in [2.24, 2.45) is 0 Å². The third-order valence-corrected chi connectivity index (χ3v) is 3.96. The van der Waals surface area contributed by atoms with E-state index in [9.17, 15) is 23.2 Å². The van der Waals surface area contributed by atoms with Crippen molar-refractivity contribution in [1.82, 2.24) is 5.32 Å². The van der Waals surface area contributed by atoms with Crippen LogP contribution in [0, 0.1) is 0 Å². The lowest BCUT2D eigenvalue weighted by Gasteiger charge is -2.19. The molecule has 0 saturated heterocycles. The molecular formula is C23H26F2N2O6. The summed E-state index contributed by atoms with van der Waals surface area (Å²) in [5, 5.41) is 5.12. The number of carbonyl (C=O) groups excluding carboxylic acids is 3. The van der Waals surface area contributed by atoms with Crippen LogP contribution in [0.25, 0.3) is 0 Å². The predicted octanol–water partition coefficient (Wildman–Crippen LogP) is 4.15. The lowest BCUT2D eigenvalue weighted by molar-refractivity contribution is -0.124. The monoisotopic (exact) mass is 464 g/mol. The number of hydrogen-bond acceptors (Lipinski definition) is 6. The summed E-state index contributed by atoms with van der Waals surface area (Å²) in [6.45, 7) is 2.08. The molecule has 0 saturated carbocycles. The van der Waals surface area contributed by atoms with E-state index in [1.165, 1.54) is 24.3 Å². The first-order valence-corrected chi connectivity index (χ1v) is 10.1. The summed E-state index contributed by atoms with van der Waals surface area (Å²) in [5.74, 6) is -1.17. The van der Waals surface area contributed by atoms with Gasteiger partial charge < -0.3 is 19.5 Å². The molecule has 0 heterocycles. The number of benzene rings is 2. The van der Waals surface area contributed by atoms with Crippen LogP contribution in [0.15, 0.2) is 48.5 Å². The molecule has 0 spiro atoms. The lowest BCUT2D eigenvalue weighted by Crippen LogP contribution is -2.30. The number of nitrogens with one attached hydrogen (secondary N) is 2. The second-order valence-corrected chi connectivity index (χ2v) is 7.91. The molecule has 2 aromatic carbocycles. The van der Waals surface area contributed by atoms with Gasteiger partial charge in [0.1, 0.15) is 11.4 Å². The molecule has 2 N–H and O–H groups in total. The Morgan fingerprint density at radius 1 is 1.03 bits per heavy atom. The van der Waals surface area contributed by atoms with Crippen molar-refractivity contribution >= 4 is 23.7 Å². The van der Waals surface area contributed by atoms with Gasteiger partial charge in [-0.1, -0.05) is 18.2 Å². The molecule has 2 aromatic rings. The molecule has 0 aromatic heterocycles. The van der Waals surface area contributed by atoms with Gasteiger partial charge in [-0.2, -0.15) is 8.78 Å². The van der Waals surface area contributed by atoms with E-state index in [2.05, 4.69) is 15.4 Å². The van der Waals surface area contributed by atoms with Crippen molar-refractivity contribution in [2.45, 2.75) is 39.4 Å². The molecule has 0 aliphatic heterocycles. The molecular weight excluding hydrogens is 438 g/mol. The van der Waals surface area contributed by atoms with Crippen LogP contribution in [0.5, 0.6) is 5.75 Å². The molecule has 0 unspecified atom stereocenters. The zero-order chi connectivity index (χ0) is 24.4. The number of esters is 1. The SMILES string of the molecule is CC(C)(C)OC(=O)Nc1cccc(C(=O)OCC(=O)NCCc2ccc(OC(F)F)cc2)c1. The van der Waals surface area contributed by atoms with Gasteiger partial charge in [-0.05, 0) is 63.1 Å². The average Bonchev–Trinajstić information content (AvgIpc) is 2.71. The smallest absolute Gasteiger partial charge is 0.412 e. The molecule has 2 amide bonds. The molecule has 2 rings (SSSR count). The normalized spacial score (nSPS) is 11.0. The van der Waals surface area contributed by atoms with Gasteiger partial charge in [0.05, 0.1) is 5.56 Å². The molecule has 0 fully saturated rings. The fourth-order valence-corrected chi connectivity index (χ4v) is 2.59. The predicted molar refractivity (Wildman–Crippen MR) is 116 cm³/mol. The van der Waals surface area contributed by atoms with E-state index >= 15 is 0 Å². The Morgan fingerprint density at radius 3 is 2.36 bits per heavy atom. The minimum Gasteiger partial charge on any atom is -0.452 e. The van der Waals surface area contributed by atoms with Crippen LogP contribution in [0.4, 0.5) is 19.3 Å². The van der Waals surface area contributed by atoms with Gasteiger partial charge in [0.25, 0.3) is 5.91 Å². The van der Waals surface area contributed by atoms with E-state index < -0.39 is 36.8 Å². The number of rotatable bonds is 9. The van der Waals surface area contributed by atoms with Gasteiger partial charge in [-0.25, -0.2) is 9.59 Å². The number of amides is 2. The van der Waals surface area contributed by atoms with Crippen LogP contribution in [-0.2, 0) is 20.7 Å². The van der Waals surface area contributed by atoms with Crippen molar-refractivity contribution in [3.63, 3.8) is 0 Å². The number of carbonyl (C=O) groups is 3. The number of alkyl halides is 2. The van der Waals surface area contributed by atoms with Crippen LogP contribution in [0.1, 0.15) is 36.7 Å². The van der Waals surface area contributed by atoms with Crippen molar-refractivity contribution in [3.05, 3.63) is 59.7 Å². The fraction of sp³-hybridized carbons (Fsp3) is 0.348. The first-order chi connectivity index (χ1) is 15.5. The Bertz CT molecular complexity index is 958. The van der Waals surface area contributed by atoms with Gasteiger partial charge in [0.2, 0.25) is 0 Å². The first-order valence-electron chi connectivity index (χ1n) is 10.1. The third kappa shape index (κ3) is 9.98. The zero-order valence-corrected chi connectivity index (χ0v) is 18.5.